The van der Waals surface area contributed by atoms with E-state index < -0.39 is 5.97 Å². The van der Waals surface area contributed by atoms with Gasteiger partial charge in [0.2, 0.25) is 5.88 Å². The van der Waals surface area contributed by atoms with E-state index in [9.17, 15) is 4.79 Å². The van der Waals surface area contributed by atoms with Gasteiger partial charge in [0.25, 0.3) is 0 Å². The second kappa shape index (κ2) is 10.4. The molecule has 0 unspecified atom stereocenters. The summed E-state index contributed by atoms with van der Waals surface area (Å²) < 4.78 is 5.82. The van der Waals surface area contributed by atoms with Crippen molar-refractivity contribution in [1.29, 1.82) is 0 Å². The van der Waals surface area contributed by atoms with Gasteiger partial charge in [-0.2, -0.15) is 5.10 Å². The van der Waals surface area contributed by atoms with Gasteiger partial charge in [0.05, 0.1) is 11.3 Å². The second-order valence-corrected chi connectivity index (χ2v) is 8.33. The minimum Gasteiger partial charge on any atom is -0.478 e. The van der Waals surface area contributed by atoms with E-state index in [2.05, 4.69) is 66.1 Å². The molecule has 2 aromatic rings. The van der Waals surface area contributed by atoms with Gasteiger partial charge in [0, 0.05) is 17.2 Å². The highest BCUT2D eigenvalue weighted by atomic mass is 16.5. The number of hydrogen-bond donors (Lipinski definition) is 2. The van der Waals surface area contributed by atoms with Gasteiger partial charge >= 0.3 is 5.97 Å². The smallest absolute Gasteiger partial charge is 0.336 e. The molecule has 6 heteroatoms. The number of rotatable bonds is 9. The van der Waals surface area contributed by atoms with Crippen molar-refractivity contribution in [3.63, 3.8) is 0 Å². The van der Waals surface area contributed by atoms with Crippen LogP contribution in [-0.4, -0.2) is 34.1 Å². The molecule has 0 amide bonds. The maximum Gasteiger partial charge on any atom is 0.336 e. The topological polar surface area (TPSA) is 87.6 Å². The van der Waals surface area contributed by atoms with E-state index in [-0.39, 0.29) is 17.6 Å². The molecule has 166 valence electrons. The normalized spacial score (nSPS) is 19.7. The fraction of sp³-hybridized carbons (Fsp3) is 0.480. The first-order chi connectivity index (χ1) is 15.0. The Balaban J connectivity index is 1.60. The van der Waals surface area contributed by atoms with E-state index >= 15 is 0 Å². The molecule has 1 aliphatic rings. The number of benzene rings is 1. The maximum atomic E-state index is 11.1. The predicted molar refractivity (Wildman–Crippen MR) is 123 cm³/mol. The SMILES string of the molecule is C=N/C(OC1CCC(c2ccc(-c3cc(C(CC)CC)[nH]n3)cc2)CC1)=C(\C)C(=O)O. The molecular weight excluding hydrogens is 390 g/mol. The molecule has 0 aliphatic heterocycles. The van der Waals surface area contributed by atoms with E-state index in [4.69, 9.17) is 9.84 Å². The molecule has 0 atom stereocenters. The van der Waals surface area contributed by atoms with Gasteiger partial charge in [-0.25, -0.2) is 9.79 Å². The lowest BCUT2D eigenvalue weighted by atomic mass is 9.82. The third kappa shape index (κ3) is 5.43. The van der Waals surface area contributed by atoms with Crippen molar-refractivity contribution in [3.05, 3.63) is 53.0 Å². The van der Waals surface area contributed by atoms with E-state index in [0.717, 1.165) is 49.8 Å². The Kier molecular flexibility index (Phi) is 7.66. The minimum atomic E-state index is -1.03. The van der Waals surface area contributed by atoms with E-state index in [1.54, 1.807) is 0 Å². The van der Waals surface area contributed by atoms with Gasteiger partial charge in [-0.3, -0.25) is 5.10 Å². The van der Waals surface area contributed by atoms with Crippen LogP contribution < -0.4 is 0 Å². The molecule has 0 spiro atoms. The number of nitrogens with one attached hydrogen (secondary N) is 1. The highest BCUT2D eigenvalue weighted by Crippen LogP contribution is 2.36. The molecule has 2 N–H and O–H groups in total. The van der Waals surface area contributed by atoms with Gasteiger partial charge in [0.1, 0.15) is 6.10 Å². The Morgan fingerprint density at radius 2 is 1.87 bits per heavy atom. The van der Waals surface area contributed by atoms with E-state index in [1.165, 1.54) is 18.2 Å². The second-order valence-electron chi connectivity index (χ2n) is 8.33. The molecule has 1 saturated carbocycles. The Morgan fingerprint density at radius 1 is 1.23 bits per heavy atom. The summed E-state index contributed by atoms with van der Waals surface area (Å²) in [6, 6.07) is 10.9. The van der Waals surface area contributed by atoms with Crippen molar-refractivity contribution in [1.82, 2.24) is 10.2 Å². The third-order valence-corrected chi connectivity index (χ3v) is 6.44. The zero-order chi connectivity index (χ0) is 22.4. The molecule has 0 bridgehead atoms. The lowest BCUT2D eigenvalue weighted by molar-refractivity contribution is -0.132. The molecule has 3 rings (SSSR count). The van der Waals surface area contributed by atoms with E-state index in [0.29, 0.717) is 11.8 Å². The van der Waals surface area contributed by atoms with Crippen LogP contribution in [0.1, 0.15) is 82.4 Å². The summed E-state index contributed by atoms with van der Waals surface area (Å²) in [4.78, 5) is 14.9. The van der Waals surface area contributed by atoms with Crippen molar-refractivity contribution in [3.8, 4) is 11.3 Å². The number of nitrogens with zero attached hydrogens (tertiary/aromatic N) is 2. The van der Waals surface area contributed by atoms with Crippen LogP contribution in [0.5, 0.6) is 0 Å². The highest BCUT2D eigenvalue weighted by Gasteiger charge is 2.25. The quantitative estimate of drug-likeness (QED) is 0.292. The van der Waals surface area contributed by atoms with Crippen molar-refractivity contribution >= 4 is 12.7 Å². The Labute approximate surface area is 184 Å². The zero-order valence-electron chi connectivity index (χ0n) is 18.7. The van der Waals surface area contributed by atoms with Crippen LogP contribution in [-0.2, 0) is 9.53 Å². The third-order valence-electron chi connectivity index (χ3n) is 6.44. The van der Waals surface area contributed by atoms with Gasteiger partial charge in [0.15, 0.2) is 0 Å². The predicted octanol–water partition coefficient (Wildman–Crippen LogP) is 6.04. The van der Waals surface area contributed by atoms with Crippen LogP contribution in [0.25, 0.3) is 11.3 Å². The lowest BCUT2D eigenvalue weighted by Crippen LogP contribution is -2.21. The number of carbonyl (C=O) groups is 1. The van der Waals surface area contributed by atoms with Crippen LogP contribution in [0.2, 0.25) is 0 Å². The van der Waals surface area contributed by atoms with Crippen molar-refractivity contribution in [2.75, 3.05) is 0 Å². The van der Waals surface area contributed by atoms with Crippen LogP contribution in [0, 0.1) is 0 Å². The number of aromatic amines is 1. The Bertz CT molecular complexity index is 918. The van der Waals surface area contributed by atoms with Crippen LogP contribution >= 0.6 is 0 Å². The highest BCUT2D eigenvalue weighted by molar-refractivity contribution is 5.86. The number of carboxylic acids is 1. The van der Waals surface area contributed by atoms with Crippen molar-refractivity contribution < 1.29 is 14.6 Å². The first-order valence-electron chi connectivity index (χ1n) is 11.2. The van der Waals surface area contributed by atoms with Crippen LogP contribution in [0.4, 0.5) is 0 Å². The summed E-state index contributed by atoms with van der Waals surface area (Å²) in [6.45, 7) is 9.36. The number of ether oxygens (including phenoxy) is 1. The number of aliphatic imine (C=N–C) groups is 1. The number of aromatic nitrogens is 2. The van der Waals surface area contributed by atoms with Gasteiger partial charge in [-0.05, 0) is 69.7 Å². The lowest BCUT2D eigenvalue weighted by Gasteiger charge is -2.29. The molecule has 0 saturated heterocycles. The fourth-order valence-corrected chi connectivity index (χ4v) is 4.36. The maximum absolute atomic E-state index is 11.1. The largest absolute Gasteiger partial charge is 0.478 e. The standard InChI is InChI=1S/C25H33N3O3/c1-5-17(6-2)22-15-23(28-27-22)20-9-7-18(8-10-20)19-11-13-21(14-12-19)31-24(26-4)16(3)25(29)30/h7-10,15,17,19,21H,4-6,11-14H2,1-3H3,(H,27,28)(H,29,30)/b24-16-. The number of H-pyrrole nitrogens is 1. The summed E-state index contributed by atoms with van der Waals surface area (Å²) in [5.74, 6) is 0.119. The summed E-state index contributed by atoms with van der Waals surface area (Å²) in [6.07, 6.45) is 5.95. The minimum absolute atomic E-state index is 0.0159. The first-order valence-corrected chi connectivity index (χ1v) is 11.2. The molecular formula is C25H33N3O3. The summed E-state index contributed by atoms with van der Waals surface area (Å²) >= 11 is 0. The van der Waals surface area contributed by atoms with Gasteiger partial charge < -0.3 is 9.84 Å². The molecule has 6 nitrogen and oxygen atoms in total. The molecule has 0 radical (unpaired) electrons. The van der Waals surface area contributed by atoms with Crippen molar-refractivity contribution in [2.24, 2.45) is 4.99 Å². The molecule has 1 fully saturated rings. The summed E-state index contributed by atoms with van der Waals surface area (Å²) in [7, 11) is 0. The van der Waals surface area contributed by atoms with Gasteiger partial charge in [-0.1, -0.05) is 38.1 Å². The Hall–Kier alpha value is -2.89. The average molecular weight is 424 g/mol. The molecule has 1 heterocycles. The van der Waals surface area contributed by atoms with Crippen molar-refractivity contribution in [2.45, 2.75) is 77.2 Å². The molecule has 31 heavy (non-hydrogen) atoms. The Morgan fingerprint density at radius 3 is 2.42 bits per heavy atom. The number of hydrogen-bond acceptors (Lipinski definition) is 4. The van der Waals surface area contributed by atoms with Crippen LogP contribution in [0.3, 0.4) is 0 Å². The molecule has 1 aliphatic carbocycles. The zero-order valence-corrected chi connectivity index (χ0v) is 18.7. The van der Waals surface area contributed by atoms with E-state index in [1.807, 2.05) is 0 Å². The number of carboxylic acid groups (broad SMARTS) is 1. The van der Waals surface area contributed by atoms with Crippen LogP contribution in [0.15, 0.2) is 46.8 Å². The summed E-state index contributed by atoms with van der Waals surface area (Å²) in [5.41, 5.74) is 4.76. The van der Waals surface area contributed by atoms with Gasteiger partial charge in [-0.15, -0.1) is 0 Å². The average Bonchev–Trinajstić information content (AvgIpc) is 3.28. The first kappa shape index (κ1) is 22.8. The molecule has 1 aromatic carbocycles. The molecule has 1 aromatic heterocycles. The fourth-order valence-electron chi connectivity index (χ4n) is 4.36. The monoisotopic (exact) mass is 423 g/mol. The number of aliphatic carboxylic acids is 1. The summed E-state index contributed by atoms with van der Waals surface area (Å²) in [5, 5.41) is 16.9.